The second kappa shape index (κ2) is 6.50. The zero-order valence-electron chi connectivity index (χ0n) is 10.3. The summed E-state index contributed by atoms with van der Waals surface area (Å²) in [5.74, 6) is -0.153. The van der Waals surface area contributed by atoms with Crippen molar-refractivity contribution < 1.29 is 13.9 Å². The lowest BCUT2D eigenvalue weighted by atomic mass is 9.86. The van der Waals surface area contributed by atoms with Gasteiger partial charge in [0.15, 0.2) is 0 Å². The maximum Gasteiger partial charge on any atom is 0.308 e. The van der Waals surface area contributed by atoms with E-state index in [-0.39, 0.29) is 17.7 Å². The minimum atomic E-state index is -0.229. The van der Waals surface area contributed by atoms with Crippen molar-refractivity contribution in [3.8, 4) is 0 Å². The first kappa shape index (κ1) is 13.0. The molecule has 0 spiro atoms. The predicted octanol–water partition coefficient (Wildman–Crippen LogP) is 2.26. The third kappa shape index (κ3) is 3.81. The molecule has 0 atom stereocenters. The van der Waals surface area contributed by atoms with Gasteiger partial charge in [0, 0.05) is 13.1 Å². The van der Waals surface area contributed by atoms with Crippen molar-refractivity contribution >= 4 is 5.97 Å². The Hall–Kier alpha value is -1.42. The summed E-state index contributed by atoms with van der Waals surface area (Å²) in [6.45, 7) is 1.67. The van der Waals surface area contributed by atoms with Gasteiger partial charge >= 0.3 is 5.97 Å². The number of hydrogen-bond donors (Lipinski definition) is 1. The molecule has 0 unspecified atom stereocenters. The molecule has 1 fully saturated rings. The lowest BCUT2D eigenvalue weighted by Crippen LogP contribution is -2.27. The molecule has 1 aliphatic rings. The summed E-state index contributed by atoms with van der Waals surface area (Å²) >= 11 is 0. The van der Waals surface area contributed by atoms with E-state index in [1.54, 1.807) is 12.1 Å². The van der Waals surface area contributed by atoms with Crippen LogP contribution in [-0.2, 0) is 16.1 Å². The Morgan fingerprint density at radius 2 is 2.06 bits per heavy atom. The number of hydrogen-bond acceptors (Lipinski definition) is 3. The first-order valence-corrected chi connectivity index (χ1v) is 6.37. The van der Waals surface area contributed by atoms with Crippen molar-refractivity contribution in [3.63, 3.8) is 0 Å². The molecule has 2 rings (SSSR count). The highest BCUT2D eigenvalue weighted by Gasteiger charge is 2.26. The van der Waals surface area contributed by atoms with Crippen molar-refractivity contribution in [2.45, 2.75) is 25.8 Å². The highest BCUT2D eigenvalue weighted by molar-refractivity contribution is 5.73. The number of carbonyl (C=O) groups is 1. The van der Waals surface area contributed by atoms with Crippen LogP contribution in [0.1, 0.15) is 24.8 Å². The lowest BCUT2D eigenvalue weighted by molar-refractivity contribution is -0.151. The Balaban J connectivity index is 1.55. The van der Waals surface area contributed by atoms with Crippen LogP contribution in [0, 0.1) is 11.7 Å². The van der Waals surface area contributed by atoms with Crippen molar-refractivity contribution in [1.82, 2.24) is 5.32 Å². The van der Waals surface area contributed by atoms with Gasteiger partial charge in [-0.2, -0.15) is 0 Å². The number of nitrogens with one attached hydrogen (secondary N) is 1. The highest BCUT2D eigenvalue weighted by atomic mass is 19.1. The molecule has 18 heavy (non-hydrogen) atoms. The second-order valence-corrected chi connectivity index (χ2v) is 4.60. The standard InChI is InChI=1S/C14H18FNO2/c15-13-6-4-11(5-7-13)10-16-8-9-18-14(17)12-2-1-3-12/h4-7,12,16H,1-3,8-10H2. The largest absolute Gasteiger partial charge is 0.464 e. The summed E-state index contributed by atoms with van der Waals surface area (Å²) in [6.07, 6.45) is 3.09. The molecule has 0 saturated heterocycles. The number of rotatable bonds is 6. The molecule has 0 heterocycles. The van der Waals surface area contributed by atoms with Crippen LogP contribution in [0.2, 0.25) is 0 Å². The van der Waals surface area contributed by atoms with E-state index < -0.39 is 0 Å². The van der Waals surface area contributed by atoms with Gasteiger partial charge in [-0.3, -0.25) is 4.79 Å². The van der Waals surface area contributed by atoms with Crippen LogP contribution in [0.25, 0.3) is 0 Å². The Kier molecular flexibility index (Phi) is 4.70. The molecule has 98 valence electrons. The van der Waals surface area contributed by atoms with Crippen LogP contribution in [0.5, 0.6) is 0 Å². The predicted molar refractivity (Wildman–Crippen MR) is 66.4 cm³/mol. The van der Waals surface area contributed by atoms with E-state index in [2.05, 4.69) is 5.32 Å². The average molecular weight is 251 g/mol. The van der Waals surface area contributed by atoms with E-state index >= 15 is 0 Å². The van der Waals surface area contributed by atoms with Gasteiger partial charge in [0.1, 0.15) is 12.4 Å². The molecule has 0 radical (unpaired) electrons. The molecule has 0 amide bonds. The van der Waals surface area contributed by atoms with Gasteiger partial charge in [-0.1, -0.05) is 18.6 Å². The Morgan fingerprint density at radius 1 is 1.33 bits per heavy atom. The zero-order chi connectivity index (χ0) is 12.8. The van der Waals surface area contributed by atoms with Crippen molar-refractivity contribution in [2.75, 3.05) is 13.2 Å². The molecular weight excluding hydrogens is 233 g/mol. The highest BCUT2D eigenvalue weighted by Crippen LogP contribution is 2.27. The molecule has 3 nitrogen and oxygen atoms in total. The maximum absolute atomic E-state index is 12.7. The van der Waals surface area contributed by atoms with Crippen LogP contribution >= 0.6 is 0 Å². The van der Waals surface area contributed by atoms with Crippen LogP contribution in [0.3, 0.4) is 0 Å². The van der Waals surface area contributed by atoms with E-state index in [9.17, 15) is 9.18 Å². The summed E-state index contributed by atoms with van der Waals surface area (Å²) in [5, 5.41) is 3.15. The molecule has 0 bridgehead atoms. The Bertz CT molecular complexity index is 387. The van der Waals surface area contributed by atoms with Gasteiger partial charge in [-0.25, -0.2) is 4.39 Å². The van der Waals surface area contributed by atoms with Gasteiger partial charge in [-0.05, 0) is 30.5 Å². The van der Waals surface area contributed by atoms with Crippen molar-refractivity contribution in [2.24, 2.45) is 5.92 Å². The van der Waals surface area contributed by atoms with Gasteiger partial charge in [0.05, 0.1) is 5.92 Å². The summed E-state index contributed by atoms with van der Waals surface area (Å²) in [6, 6.07) is 6.35. The lowest BCUT2D eigenvalue weighted by Gasteiger charge is -2.23. The minimum absolute atomic E-state index is 0.0650. The second-order valence-electron chi connectivity index (χ2n) is 4.60. The minimum Gasteiger partial charge on any atom is -0.464 e. The molecule has 1 N–H and O–H groups in total. The zero-order valence-corrected chi connectivity index (χ0v) is 10.3. The van der Waals surface area contributed by atoms with E-state index in [1.165, 1.54) is 12.1 Å². The topological polar surface area (TPSA) is 38.3 Å². The van der Waals surface area contributed by atoms with Gasteiger partial charge in [0.2, 0.25) is 0 Å². The molecule has 0 aromatic heterocycles. The molecule has 1 aromatic carbocycles. The van der Waals surface area contributed by atoms with Crippen LogP contribution in [0.15, 0.2) is 24.3 Å². The Labute approximate surface area is 106 Å². The molecule has 0 aliphatic heterocycles. The van der Waals surface area contributed by atoms with Crippen molar-refractivity contribution in [1.29, 1.82) is 0 Å². The first-order chi connectivity index (χ1) is 8.75. The van der Waals surface area contributed by atoms with E-state index in [0.717, 1.165) is 24.8 Å². The number of benzene rings is 1. The summed E-state index contributed by atoms with van der Waals surface area (Å²) in [4.78, 5) is 11.4. The molecule has 1 aromatic rings. The fourth-order valence-electron chi connectivity index (χ4n) is 1.82. The smallest absolute Gasteiger partial charge is 0.308 e. The number of esters is 1. The average Bonchev–Trinajstić information content (AvgIpc) is 2.29. The maximum atomic E-state index is 12.7. The summed E-state index contributed by atoms with van der Waals surface area (Å²) in [5.41, 5.74) is 1.02. The van der Waals surface area contributed by atoms with Gasteiger partial charge < -0.3 is 10.1 Å². The first-order valence-electron chi connectivity index (χ1n) is 6.37. The third-order valence-corrected chi connectivity index (χ3v) is 3.20. The van der Waals surface area contributed by atoms with E-state index in [4.69, 9.17) is 4.74 Å². The van der Waals surface area contributed by atoms with Gasteiger partial charge in [-0.15, -0.1) is 0 Å². The number of carbonyl (C=O) groups excluding carboxylic acids is 1. The van der Waals surface area contributed by atoms with Crippen molar-refractivity contribution in [3.05, 3.63) is 35.6 Å². The fourth-order valence-corrected chi connectivity index (χ4v) is 1.82. The summed E-state index contributed by atoms with van der Waals surface area (Å²) in [7, 11) is 0. The van der Waals surface area contributed by atoms with Crippen LogP contribution in [0.4, 0.5) is 4.39 Å². The SMILES string of the molecule is O=C(OCCNCc1ccc(F)cc1)C1CCC1. The molecular formula is C14H18FNO2. The third-order valence-electron chi connectivity index (χ3n) is 3.20. The van der Waals surface area contributed by atoms with Crippen LogP contribution in [-0.4, -0.2) is 19.1 Å². The summed E-state index contributed by atoms with van der Waals surface area (Å²) < 4.78 is 17.8. The Morgan fingerprint density at radius 3 is 2.67 bits per heavy atom. The molecule has 1 saturated carbocycles. The van der Waals surface area contributed by atoms with Crippen LogP contribution < -0.4 is 5.32 Å². The quantitative estimate of drug-likeness (QED) is 0.622. The van der Waals surface area contributed by atoms with Gasteiger partial charge in [0.25, 0.3) is 0 Å². The van der Waals surface area contributed by atoms with E-state index in [0.29, 0.717) is 19.7 Å². The number of halogens is 1. The monoisotopic (exact) mass is 251 g/mol. The molecule has 4 heteroatoms. The van der Waals surface area contributed by atoms with E-state index in [1.807, 2.05) is 0 Å². The normalized spacial score (nSPS) is 15.2. The molecule has 1 aliphatic carbocycles. The fraction of sp³-hybridized carbons (Fsp3) is 0.500. The number of ether oxygens (including phenoxy) is 1.